The minimum atomic E-state index is -0.396. The smallest absolute Gasteiger partial charge is 0.170 e. The number of phenols is 2. The topological polar surface area (TPSA) is 79.7 Å². The van der Waals surface area contributed by atoms with E-state index in [4.69, 9.17) is 4.74 Å². The molecule has 0 aliphatic carbocycles. The van der Waals surface area contributed by atoms with Gasteiger partial charge in [0.25, 0.3) is 0 Å². The quantitative estimate of drug-likeness (QED) is 0.765. The van der Waals surface area contributed by atoms with Gasteiger partial charge in [0, 0.05) is 18.5 Å². The summed E-state index contributed by atoms with van der Waals surface area (Å²) in [7, 11) is 0. The largest absolute Gasteiger partial charge is 0.504 e. The van der Waals surface area contributed by atoms with Crippen molar-refractivity contribution in [3.05, 3.63) is 47.8 Å². The number of phenolic OH excluding ortho intramolecular Hbond substituents is 2. The third-order valence-electron chi connectivity index (χ3n) is 3.10. The third kappa shape index (κ3) is 1.99. The maximum absolute atomic E-state index is 12.0. The number of Topliss-reactive ketones (excluding diaryl/α,β-unsaturated/α-hetero) is 1. The highest BCUT2D eigenvalue weighted by atomic mass is 16.5. The van der Waals surface area contributed by atoms with E-state index in [0.29, 0.717) is 5.56 Å². The Bertz CT molecular complexity index is 639. The number of aromatic nitrogens is 1. The minimum Gasteiger partial charge on any atom is -0.504 e. The molecule has 0 fully saturated rings. The summed E-state index contributed by atoms with van der Waals surface area (Å²) >= 11 is 0. The van der Waals surface area contributed by atoms with E-state index in [0.717, 1.165) is 5.56 Å². The van der Waals surface area contributed by atoms with Crippen molar-refractivity contribution in [2.75, 3.05) is 0 Å². The molecule has 0 amide bonds. The summed E-state index contributed by atoms with van der Waals surface area (Å²) in [5.41, 5.74) is 1.14. The molecule has 0 radical (unpaired) electrons. The highest BCUT2D eigenvalue weighted by Crippen LogP contribution is 2.40. The summed E-state index contributed by atoms with van der Waals surface area (Å²) in [6, 6.07) is 6.05. The molecule has 0 saturated heterocycles. The number of hydrogen-bond acceptors (Lipinski definition) is 5. The molecule has 2 N–H and O–H groups in total. The van der Waals surface area contributed by atoms with Gasteiger partial charge in [-0.05, 0) is 23.8 Å². The van der Waals surface area contributed by atoms with Gasteiger partial charge in [-0.3, -0.25) is 9.78 Å². The summed E-state index contributed by atoms with van der Waals surface area (Å²) in [5.74, 6) is -0.466. The molecule has 1 aliphatic rings. The first-order valence-electron chi connectivity index (χ1n) is 5.81. The SMILES string of the molecule is O=C1CC(c2ccncc2)Oc2cc(O)c(O)cc21. The number of carbonyl (C=O) groups is 1. The van der Waals surface area contributed by atoms with Crippen LogP contribution in [0.2, 0.25) is 0 Å². The van der Waals surface area contributed by atoms with Gasteiger partial charge in [0.1, 0.15) is 11.9 Å². The Hall–Kier alpha value is -2.56. The standard InChI is InChI=1S/C14H11NO4/c16-10-6-13(8-1-3-15-4-2-8)19-14-7-12(18)11(17)5-9(10)14/h1-5,7,13,17-18H,6H2. The van der Waals surface area contributed by atoms with Gasteiger partial charge in [-0.2, -0.15) is 0 Å². The number of aromatic hydroxyl groups is 2. The van der Waals surface area contributed by atoms with Crippen molar-refractivity contribution in [3.8, 4) is 17.2 Å². The Morgan fingerprint density at radius 1 is 1.16 bits per heavy atom. The predicted octanol–water partition coefficient (Wildman–Crippen LogP) is 2.20. The maximum atomic E-state index is 12.0. The Morgan fingerprint density at radius 3 is 2.58 bits per heavy atom. The molecule has 5 heteroatoms. The van der Waals surface area contributed by atoms with Crippen LogP contribution in [0.25, 0.3) is 0 Å². The minimum absolute atomic E-state index is 0.127. The van der Waals surface area contributed by atoms with E-state index >= 15 is 0 Å². The van der Waals surface area contributed by atoms with Crippen LogP contribution < -0.4 is 4.74 Å². The van der Waals surface area contributed by atoms with Crippen molar-refractivity contribution >= 4 is 5.78 Å². The number of fused-ring (bicyclic) bond motifs is 1. The van der Waals surface area contributed by atoms with E-state index in [2.05, 4.69) is 4.98 Å². The van der Waals surface area contributed by atoms with Crippen molar-refractivity contribution in [3.63, 3.8) is 0 Å². The number of ketones is 1. The first-order chi connectivity index (χ1) is 9.15. The van der Waals surface area contributed by atoms with Gasteiger partial charge in [0.05, 0.1) is 12.0 Å². The van der Waals surface area contributed by atoms with Crippen LogP contribution in [-0.2, 0) is 0 Å². The van der Waals surface area contributed by atoms with E-state index in [-0.39, 0.29) is 29.5 Å². The van der Waals surface area contributed by atoms with Gasteiger partial charge in [0.15, 0.2) is 17.3 Å². The molecule has 96 valence electrons. The van der Waals surface area contributed by atoms with Crippen LogP contribution in [0.1, 0.15) is 28.4 Å². The summed E-state index contributed by atoms with van der Waals surface area (Å²) in [5, 5.41) is 18.9. The lowest BCUT2D eigenvalue weighted by Crippen LogP contribution is -2.20. The fourth-order valence-corrected chi connectivity index (χ4v) is 2.11. The zero-order valence-corrected chi connectivity index (χ0v) is 9.91. The first kappa shape index (κ1) is 11.5. The Morgan fingerprint density at radius 2 is 1.84 bits per heavy atom. The lowest BCUT2D eigenvalue weighted by atomic mass is 9.96. The van der Waals surface area contributed by atoms with E-state index in [1.165, 1.54) is 12.1 Å². The van der Waals surface area contributed by atoms with Gasteiger partial charge in [-0.25, -0.2) is 0 Å². The molecule has 5 nitrogen and oxygen atoms in total. The Balaban J connectivity index is 2.00. The van der Waals surface area contributed by atoms with Gasteiger partial charge < -0.3 is 14.9 Å². The number of pyridine rings is 1. The number of rotatable bonds is 1. The van der Waals surface area contributed by atoms with E-state index in [1.54, 1.807) is 24.5 Å². The Labute approximate surface area is 109 Å². The van der Waals surface area contributed by atoms with E-state index < -0.39 is 6.10 Å². The zero-order chi connectivity index (χ0) is 13.4. The second-order valence-corrected chi connectivity index (χ2v) is 4.35. The molecule has 1 atom stereocenters. The van der Waals surface area contributed by atoms with Crippen molar-refractivity contribution in [1.82, 2.24) is 4.98 Å². The highest BCUT2D eigenvalue weighted by molar-refractivity contribution is 6.00. The normalized spacial score (nSPS) is 17.7. The molecular formula is C14H11NO4. The van der Waals surface area contributed by atoms with Gasteiger partial charge in [-0.15, -0.1) is 0 Å². The van der Waals surface area contributed by atoms with Crippen LogP contribution in [0.15, 0.2) is 36.7 Å². The van der Waals surface area contributed by atoms with E-state index in [9.17, 15) is 15.0 Å². The number of benzene rings is 1. The maximum Gasteiger partial charge on any atom is 0.170 e. The molecule has 1 aliphatic heterocycles. The monoisotopic (exact) mass is 257 g/mol. The summed E-state index contributed by atoms with van der Waals surface area (Å²) in [4.78, 5) is 16.0. The van der Waals surface area contributed by atoms with Crippen LogP contribution in [0, 0.1) is 0 Å². The molecule has 1 aromatic heterocycles. The van der Waals surface area contributed by atoms with Crippen LogP contribution in [0.4, 0.5) is 0 Å². The highest BCUT2D eigenvalue weighted by Gasteiger charge is 2.28. The van der Waals surface area contributed by atoms with Crippen molar-refractivity contribution < 1.29 is 19.7 Å². The molecule has 1 unspecified atom stereocenters. The number of nitrogens with zero attached hydrogens (tertiary/aromatic N) is 1. The number of ether oxygens (including phenoxy) is 1. The number of carbonyl (C=O) groups excluding carboxylic acids is 1. The molecule has 1 aromatic carbocycles. The summed E-state index contributed by atoms with van der Waals surface area (Å²) < 4.78 is 5.70. The van der Waals surface area contributed by atoms with Gasteiger partial charge >= 0.3 is 0 Å². The molecule has 0 bridgehead atoms. The van der Waals surface area contributed by atoms with Crippen LogP contribution >= 0.6 is 0 Å². The molecule has 0 saturated carbocycles. The third-order valence-corrected chi connectivity index (χ3v) is 3.10. The molecular weight excluding hydrogens is 246 g/mol. The van der Waals surface area contributed by atoms with Gasteiger partial charge in [-0.1, -0.05) is 0 Å². The van der Waals surface area contributed by atoms with Crippen molar-refractivity contribution in [2.45, 2.75) is 12.5 Å². The zero-order valence-electron chi connectivity index (χ0n) is 9.91. The average Bonchev–Trinajstić information content (AvgIpc) is 2.42. The van der Waals surface area contributed by atoms with Crippen LogP contribution in [-0.4, -0.2) is 21.0 Å². The predicted molar refractivity (Wildman–Crippen MR) is 66.3 cm³/mol. The Kier molecular flexibility index (Phi) is 2.59. The second kappa shape index (κ2) is 4.28. The molecule has 2 aromatic rings. The van der Waals surface area contributed by atoms with Crippen LogP contribution in [0.5, 0.6) is 17.2 Å². The van der Waals surface area contributed by atoms with E-state index in [1.807, 2.05) is 0 Å². The summed E-state index contributed by atoms with van der Waals surface area (Å²) in [6.07, 6.45) is 3.06. The van der Waals surface area contributed by atoms with Crippen molar-refractivity contribution in [2.24, 2.45) is 0 Å². The fraction of sp³-hybridized carbons (Fsp3) is 0.143. The van der Waals surface area contributed by atoms with Crippen molar-refractivity contribution in [1.29, 1.82) is 0 Å². The molecule has 19 heavy (non-hydrogen) atoms. The number of hydrogen-bond donors (Lipinski definition) is 2. The molecule has 3 rings (SSSR count). The first-order valence-corrected chi connectivity index (χ1v) is 5.81. The summed E-state index contributed by atoms with van der Waals surface area (Å²) in [6.45, 7) is 0. The van der Waals surface area contributed by atoms with Crippen LogP contribution in [0.3, 0.4) is 0 Å². The molecule has 2 heterocycles. The lowest BCUT2D eigenvalue weighted by molar-refractivity contribution is 0.0848. The fourth-order valence-electron chi connectivity index (χ4n) is 2.11. The lowest BCUT2D eigenvalue weighted by Gasteiger charge is -2.25. The molecule has 0 spiro atoms. The average molecular weight is 257 g/mol. The second-order valence-electron chi connectivity index (χ2n) is 4.35. The van der Waals surface area contributed by atoms with Gasteiger partial charge in [0.2, 0.25) is 0 Å².